The molecule has 1 amide bonds. The van der Waals surface area contributed by atoms with Crippen molar-refractivity contribution < 1.29 is 28.5 Å². The lowest BCUT2D eigenvalue weighted by Gasteiger charge is -2.20. The first-order valence-corrected chi connectivity index (χ1v) is 13.1. The molecule has 0 spiro atoms. The number of nitrogens with one attached hydrogen (secondary N) is 1. The number of benzene rings is 4. The Balaban J connectivity index is 1.27. The zero-order valence-corrected chi connectivity index (χ0v) is 22.5. The standard InChI is InChI=1S/C33H31NO6/c1-37-24-17-16-23(31(19-24)38-2)20-39-32(35)30(18-22-10-4-3-5-11-22)34-33(36)40-21-29-27-14-8-6-12-25(27)26-13-7-9-15-28(26)29/h3-17,19,29-30H,18,20-21H2,1-2H3,(H,34,36)/t30-/m0/s1. The van der Waals surface area contributed by atoms with E-state index >= 15 is 0 Å². The maximum Gasteiger partial charge on any atom is 0.407 e. The number of carbonyl (C=O) groups is 2. The largest absolute Gasteiger partial charge is 0.497 e. The fourth-order valence-electron chi connectivity index (χ4n) is 5.05. The minimum Gasteiger partial charge on any atom is -0.497 e. The lowest BCUT2D eigenvalue weighted by Crippen LogP contribution is -2.43. The zero-order valence-electron chi connectivity index (χ0n) is 22.5. The van der Waals surface area contributed by atoms with E-state index in [9.17, 15) is 9.59 Å². The Morgan fingerprint density at radius 1 is 0.775 bits per heavy atom. The third-order valence-corrected chi connectivity index (χ3v) is 7.07. The molecular formula is C33H31NO6. The highest BCUT2D eigenvalue weighted by molar-refractivity contribution is 5.82. The van der Waals surface area contributed by atoms with E-state index in [0.717, 1.165) is 27.8 Å². The van der Waals surface area contributed by atoms with Crippen molar-refractivity contribution in [1.29, 1.82) is 0 Å². The van der Waals surface area contributed by atoms with Crippen LogP contribution in [0.2, 0.25) is 0 Å². The van der Waals surface area contributed by atoms with Crippen LogP contribution >= 0.6 is 0 Å². The fraction of sp³-hybridized carbons (Fsp3) is 0.212. The van der Waals surface area contributed by atoms with Crippen molar-refractivity contribution in [2.45, 2.75) is 25.0 Å². The molecule has 0 radical (unpaired) electrons. The van der Waals surface area contributed by atoms with Gasteiger partial charge in [-0.2, -0.15) is 0 Å². The van der Waals surface area contributed by atoms with Crippen molar-refractivity contribution in [3.05, 3.63) is 119 Å². The second kappa shape index (κ2) is 12.4. The van der Waals surface area contributed by atoms with E-state index in [1.54, 1.807) is 25.3 Å². The van der Waals surface area contributed by atoms with Crippen molar-refractivity contribution >= 4 is 12.1 Å². The van der Waals surface area contributed by atoms with E-state index in [0.29, 0.717) is 17.1 Å². The van der Waals surface area contributed by atoms with Crippen LogP contribution in [-0.2, 0) is 27.3 Å². The quantitative estimate of drug-likeness (QED) is 0.254. The topological polar surface area (TPSA) is 83.1 Å². The molecular weight excluding hydrogens is 506 g/mol. The molecule has 0 saturated carbocycles. The van der Waals surface area contributed by atoms with Crippen LogP contribution in [0.4, 0.5) is 4.79 Å². The van der Waals surface area contributed by atoms with Crippen LogP contribution in [-0.4, -0.2) is 38.9 Å². The molecule has 204 valence electrons. The third kappa shape index (κ3) is 5.94. The zero-order chi connectivity index (χ0) is 27.9. The van der Waals surface area contributed by atoms with Crippen molar-refractivity contribution in [3.8, 4) is 22.6 Å². The van der Waals surface area contributed by atoms with Gasteiger partial charge in [-0.1, -0.05) is 78.9 Å². The Morgan fingerprint density at radius 2 is 1.43 bits per heavy atom. The van der Waals surface area contributed by atoms with Crippen molar-refractivity contribution in [1.82, 2.24) is 5.32 Å². The molecule has 0 heterocycles. The second-order valence-corrected chi connectivity index (χ2v) is 9.50. The molecule has 5 rings (SSSR count). The van der Waals surface area contributed by atoms with E-state index in [1.807, 2.05) is 54.6 Å². The van der Waals surface area contributed by atoms with Gasteiger partial charge < -0.3 is 24.3 Å². The van der Waals surface area contributed by atoms with E-state index < -0.39 is 18.1 Å². The van der Waals surface area contributed by atoms with Gasteiger partial charge in [0.05, 0.1) is 14.2 Å². The van der Waals surface area contributed by atoms with Crippen LogP contribution in [0.5, 0.6) is 11.5 Å². The molecule has 0 unspecified atom stereocenters. The number of methoxy groups -OCH3 is 2. The lowest BCUT2D eigenvalue weighted by molar-refractivity contribution is -0.147. The third-order valence-electron chi connectivity index (χ3n) is 7.07. The Morgan fingerprint density at radius 3 is 2.08 bits per heavy atom. The van der Waals surface area contributed by atoms with Crippen molar-refractivity contribution in [3.63, 3.8) is 0 Å². The Hall–Kier alpha value is -4.78. The summed E-state index contributed by atoms with van der Waals surface area (Å²) in [4.78, 5) is 26.2. The summed E-state index contributed by atoms with van der Waals surface area (Å²) in [5.41, 5.74) is 6.08. The van der Waals surface area contributed by atoms with E-state index in [4.69, 9.17) is 18.9 Å². The number of alkyl carbamates (subject to hydrolysis) is 1. The second-order valence-electron chi connectivity index (χ2n) is 9.50. The van der Waals surface area contributed by atoms with Crippen LogP contribution in [0, 0.1) is 0 Å². The number of ether oxygens (including phenoxy) is 4. The maximum absolute atomic E-state index is 13.2. The highest BCUT2D eigenvalue weighted by Gasteiger charge is 2.30. The number of hydrogen-bond acceptors (Lipinski definition) is 6. The van der Waals surface area contributed by atoms with Crippen LogP contribution in [0.3, 0.4) is 0 Å². The van der Waals surface area contributed by atoms with Gasteiger partial charge in [-0.05, 0) is 39.9 Å². The normalized spacial score (nSPS) is 12.6. The Kier molecular flexibility index (Phi) is 8.30. The number of carbonyl (C=O) groups excluding carboxylic acids is 2. The number of hydrogen-bond donors (Lipinski definition) is 1. The predicted octanol–water partition coefficient (Wildman–Crippen LogP) is 5.90. The van der Waals surface area contributed by atoms with Gasteiger partial charge in [0.2, 0.25) is 0 Å². The van der Waals surface area contributed by atoms with Gasteiger partial charge in [-0.25, -0.2) is 9.59 Å². The van der Waals surface area contributed by atoms with E-state index in [-0.39, 0.29) is 25.6 Å². The molecule has 1 aliphatic carbocycles. The number of esters is 1. The number of fused-ring (bicyclic) bond motifs is 3. The van der Waals surface area contributed by atoms with Crippen molar-refractivity contribution in [2.75, 3.05) is 20.8 Å². The molecule has 1 atom stereocenters. The van der Waals surface area contributed by atoms with Gasteiger partial charge in [0.1, 0.15) is 30.8 Å². The van der Waals surface area contributed by atoms with Crippen LogP contribution in [0.25, 0.3) is 11.1 Å². The maximum atomic E-state index is 13.2. The average molecular weight is 538 g/mol. The number of rotatable bonds is 10. The first-order valence-electron chi connectivity index (χ1n) is 13.1. The van der Waals surface area contributed by atoms with Crippen LogP contribution < -0.4 is 14.8 Å². The number of amides is 1. The molecule has 4 aromatic rings. The summed E-state index contributed by atoms with van der Waals surface area (Å²) in [6.07, 6.45) is -0.425. The molecule has 0 fully saturated rings. The lowest BCUT2D eigenvalue weighted by atomic mass is 9.98. The molecule has 4 aromatic carbocycles. The minimum absolute atomic E-state index is 0.0241. The minimum atomic E-state index is -0.942. The SMILES string of the molecule is COc1ccc(COC(=O)[C@H](Cc2ccccc2)NC(=O)OCC2c3ccccc3-c3ccccc32)c(OC)c1. The molecule has 40 heavy (non-hydrogen) atoms. The van der Waals surface area contributed by atoms with Crippen LogP contribution in [0.15, 0.2) is 97.1 Å². The van der Waals surface area contributed by atoms with Gasteiger partial charge in [0.25, 0.3) is 0 Å². The Bertz CT molecular complexity index is 1440. The molecule has 1 N–H and O–H groups in total. The van der Waals surface area contributed by atoms with Gasteiger partial charge in [-0.3, -0.25) is 0 Å². The monoisotopic (exact) mass is 537 g/mol. The summed E-state index contributed by atoms with van der Waals surface area (Å²) in [6, 6.07) is 30.0. The molecule has 7 heteroatoms. The summed E-state index contributed by atoms with van der Waals surface area (Å²) in [7, 11) is 3.11. The summed E-state index contributed by atoms with van der Waals surface area (Å²) < 4.78 is 22.0. The highest BCUT2D eigenvalue weighted by atomic mass is 16.6. The van der Waals surface area contributed by atoms with Gasteiger partial charge >= 0.3 is 12.1 Å². The fourth-order valence-corrected chi connectivity index (χ4v) is 5.05. The smallest absolute Gasteiger partial charge is 0.407 e. The average Bonchev–Trinajstić information content (AvgIpc) is 3.32. The van der Waals surface area contributed by atoms with E-state index in [1.165, 1.54) is 7.11 Å². The van der Waals surface area contributed by atoms with Gasteiger partial charge in [-0.15, -0.1) is 0 Å². The molecule has 0 aliphatic heterocycles. The molecule has 7 nitrogen and oxygen atoms in total. The Labute approximate surface area is 233 Å². The molecule has 0 aromatic heterocycles. The first-order chi connectivity index (χ1) is 19.6. The predicted molar refractivity (Wildman–Crippen MR) is 151 cm³/mol. The first kappa shape index (κ1) is 26.8. The van der Waals surface area contributed by atoms with Gasteiger partial charge in [0.15, 0.2) is 0 Å². The van der Waals surface area contributed by atoms with Gasteiger partial charge in [0, 0.05) is 24.0 Å². The summed E-state index contributed by atoms with van der Waals surface area (Å²) >= 11 is 0. The molecule has 1 aliphatic rings. The highest BCUT2D eigenvalue weighted by Crippen LogP contribution is 2.44. The summed E-state index contributed by atoms with van der Waals surface area (Å²) in [5, 5.41) is 2.73. The molecule has 0 saturated heterocycles. The molecule has 0 bridgehead atoms. The van der Waals surface area contributed by atoms with E-state index in [2.05, 4.69) is 29.6 Å². The summed E-state index contributed by atoms with van der Waals surface area (Å²) in [6.45, 7) is 0.125. The van der Waals surface area contributed by atoms with Crippen LogP contribution in [0.1, 0.15) is 28.2 Å². The summed E-state index contributed by atoms with van der Waals surface area (Å²) in [5.74, 6) is 0.512. The van der Waals surface area contributed by atoms with Crippen molar-refractivity contribution in [2.24, 2.45) is 0 Å².